The van der Waals surface area contributed by atoms with Crippen LogP contribution in [0.4, 0.5) is 0 Å². The molecule has 2 amide bonds. The Hall–Kier alpha value is -3.31. The normalized spacial score (nSPS) is 19.8. The summed E-state index contributed by atoms with van der Waals surface area (Å²) in [6, 6.07) is 15.0. The van der Waals surface area contributed by atoms with Crippen LogP contribution in [0.1, 0.15) is 24.5 Å². The molecule has 2 heterocycles. The van der Waals surface area contributed by atoms with Gasteiger partial charge in [-0.25, -0.2) is 0 Å². The van der Waals surface area contributed by atoms with E-state index >= 15 is 0 Å². The van der Waals surface area contributed by atoms with Gasteiger partial charge in [0, 0.05) is 32.0 Å². The highest BCUT2D eigenvalue weighted by Crippen LogP contribution is 2.17. The molecule has 5 atom stereocenters. The van der Waals surface area contributed by atoms with Crippen molar-refractivity contribution in [3.63, 3.8) is 0 Å². The van der Waals surface area contributed by atoms with Gasteiger partial charge in [-0.15, -0.1) is 0 Å². The molecular formula is C31H41N3O7. The number of nitrogens with one attached hydrogen (secondary N) is 2. The van der Waals surface area contributed by atoms with Gasteiger partial charge in [-0.05, 0) is 36.1 Å². The van der Waals surface area contributed by atoms with Gasteiger partial charge in [0.25, 0.3) is 0 Å². The van der Waals surface area contributed by atoms with Crippen molar-refractivity contribution in [1.82, 2.24) is 15.5 Å². The summed E-state index contributed by atoms with van der Waals surface area (Å²) in [4.78, 5) is 42.1. The molecule has 0 aliphatic carbocycles. The molecule has 4 rings (SSSR count). The maximum absolute atomic E-state index is 13.7. The maximum Gasteiger partial charge on any atom is 0.243 e. The molecule has 10 nitrogen and oxygen atoms in total. The molecule has 0 radical (unpaired) electrons. The number of nitrogens with zero attached hydrogens (tertiary/aromatic N) is 1. The zero-order valence-corrected chi connectivity index (χ0v) is 23.8. The lowest BCUT2D eigenvalue weighted by molar-refractivity contribution is -0.133. The van der Waals surface area contributed by atoms with Crippen molar-refractivity contribution in [1.29, 1.82) is 0 Å². The SMILES string of the molecule is COc1ccc(C[C@H](NC(=O)[C@H](C)CC(O)CN2CCOCC2)C(=O)NC(Cc2ccccc2)C(=O)[C@H]2CO2)cc1. The molecule has 41 heavy (non-hydrogen) atoms. The molecule has 2 fully saturated rings. The number of Topliss-reactive ketones (excluding diaryl/α,β-unsaturated/α-hetero) is 1. The third-order valence-electron chi connectivity index (χ3n) is 7.47. The zero-order valence-electron chi connectivity index (χ0n) is 23.8. The summed E-state index contributed by atoms with van der Waals surface area (Å²) in [5.41, 5.74) is 1.73. The Balaban J connectivity index is 1.44. The van der Waals surface area contributed by atoms with Gasteiger partial charge < -0.3 is 30.0 Å². The van der Waals surface area contributed by atoms with Crippen LogP contribution in [-0.4, -0.2) is 98.5 Å². The Kier molecular flexibility index (Phi) is 11.3. The van der Waals surface area contributed by atoms with E-state index in [-0.39, 0.29) is 24.5 Å². The highest BCUT2D eigenvalue weighted by Gasteiger charge is 2.38. The third-order valence-corrected chi connectivity index (χ3v) is 7.47. The van der Waals surface area contributed by atoms with Crippen molar-refractivity contribution in [2.75, 3.05) is 46.6 Å². The summed E-state index contributed by atoms with van der Waals surface area (Å²) in [5, 5.41) is 16.4. The van der Waals surface area contributed by atoms with Crippen LogP contribution in [0.3, 0.4) is 0 Å². The first-order chi connectivity index (χ1) is 19.8. The smallest absolute Gasteiger partial charge is 0.243 e. The van der Waals surface area contributed by atoms with Crippen LogP contribution in [0, 0.1) is 5.92 Å². The van der Waals surface area contributed by atoms with E-state index in [0.717, 1.165) is 24.2 Å². The Labute approximate surface area is 241 Å². The predicted molar refractivity (Wildman–Crippen MR) is 152 cm³/mol. The lowest BCUT2D eigenvalue weighted by Gasteiger charge is -2.29. The van der Waals surface area contributed by atoms with Crippen LogP contribution in [0.25, 0.3) is 0 Å². The van der Waals surface area contributed by atoms with E-state index in [2.05, 4.69) is 15.5 Å². The average Bonchev–Trinajstić information content (AvgIpc) is 3.83. The van der Waals surface area contributed by atoms with Crippen LogP contribution < -0.4 is 15.4 Å². The first kappa shape index (κ1) is 30.6. The van der Waals surface area contributed by atoms with Gasteiger partial charge in [-0.1, -0.05) is 49.4 Å². The molecule has 0 spiro atoms. The number of epoxide rings is 1. The molecule has 2 saturated heterocycles. The minimum atomic E-state index is -0.930. The Morgan fingerprint density at radius 3 is 2.20 bits per heavy atom. The van der Waals surface area contributed by atoms with E-state index in [1.165, 1.54) is 0 Å². The molecule has 0 saturated carbocycles. The number of β-amino-alcohol motifs (C(OH)–C–C–N with tert-alkyl or cyclic N) is 1. The number of aliphatic hydroxyl groups is 1. The monoisotopic (exact) mass is 567 g/mol. The van der Waals surface area contributed by atoms with Crippen molar-refractivity contribution in [3.05, 3.63) is 65.7 Å². The van der Waals surface area contributed by atoms with E-state index < -0.39 is 36.1 Å². The maximum atomic E-state index is 13.7. The predicted octanol–water partition coefficient (Wildman–Crippen LogP) is 1.14. The molecule has 2 unspecified atom stereocenters. The van der Waals surface area contributed by atoms with E-state index in [4.69, 9.17) is 14.2 Å². The number of morpholine rings is 1. The summed E-state index contributed by atoms with van der Waals surface area (Å²) >= 11 is 0. The molecule has 222 valence electrons. The minimum absolute atomic E-state index is 0.184. The molecule has 0 aromatic heterocycles. The standard InChI is InChI=1S/C31H41N3O7/c1-21(16-24(35)19-34-12-14-40-15-13-34)30(37)33-27(18-23-8-10-25(39-2)11-9-23)31(38)32-26(29(36)28-20-41-28)17-22-6-4-3-5-7-22/h3-11,21,24,26-28,35H,12-20H2,1-2H3,(H,32,38)(H,33,37)/t21-,24?,26?,27+,28-/m1/s1. The van der Waals surface area contributed by atoms with Crippen LogP contribution in [0.5, 0.6) is 5.75 Å². The molecule has 2 aromatic carbocycles. The lowest BCUT2D eigenvalue weighted by Crippen LogP contribution is -2.54. The summed E-state index contributed by atoms with van der Waals surface area (Å²) < 4.78 is 15.8. The number of methoxy groups -OCH3 is 1. The van der Waals surface area contributed by atoms with Gasteiger partial charge in [0.15, 0.2) is 5.78 Å². The van der Waals surface area contributed by atoms with Crippen LogP contribution in [-0.2, 0) is 36.7 Å². The summed E-state index contributed by atoms with van der Waals surface area (Å²) in [6.07, 6.45) is -0.412. The van der Waals surface area contributed by atoms with Crippen molar-refractivity contribution in [3.8, 4) is 5.75 Å². The molecule has 2 aliphatic rings. The Morgan fingerprint density at radius 1 is 0.951 bits per heavy atom. The molecule has 10 heteroatoms. The second-order valence-corrected chi connectivity index (χ2v) is 10.8. The zero-order chi connectivity index (χ0) is 29.2. The highest BCUT2D eigenvalue weighted by atomic mass is 16.6. The molecule has 0 bridgehead atoms. The number of carbonyl (C=O) groups is 3. The quantitative estimate of drug-likeness (QED) is 0.273. The number of rotatable bonds is 15. The van der Waals surface area contributed by atoms with Crippen LogP contribution in [0.2, 0.25) is 0 Å². The number of aliphatic hydroxyl groups excluding tert-OH is 1. The summed E-state index contributed by atoms with van der Waals surface area (Å²) in [7, 11) is 1.58. The first-order valence-corrected chi connectivity index (χ1v) is 14.2. The fourth-order valence-electron chi connectivity index (χ4n) is 4.97. The van der Waals surface area contributed by atoms with Crippen molar-refractivity contribution in [2.24, 2.45) is 5.92 Å². The second-order valence-electron chi connectivity index (χ2n) is 10.8. The van der Waals surface area contributed by atoms with Gasteiger partial charge in [0.1, 0.15) is 17.9 Å². The number of ether oxygens (including phenoxy) is 3. The third kappa shape index (κ3) is 9.64. The topological polar surface area (TPSA) is 130 Å². The largest absolute Gasteiger partial charge is 0.497 e. The molecular weight excluding hydrogens is 526 g/mol. The van der Waals surface area contributed by atoms with E-state index in [9.17, 15) is 19.5 Å². The number of hydrogen-bond acceptors (Lipinski definition) is 8. The number of hydrogen-bond donors (Lipinski definition) is 3. The number of benzene rings is 2. The highest BCUT2D eigenvalue weighted by molar-refractivity contribution is 5.96. The number of ketones is 1. The number of amides is 2. The fraction of sp³-hybridized carbons (Fsp3) is 0.516. The van der Waals surface area contributed by atoms with Crippen molar-refractivity contribution in [2.45, 2.75) is 50.5 Å². The average molecular weight is 568 g/mol. The van der Waals surface area contributed by atoms with E-state index in [0.29, 0.717) is 38.5 Å². The van der Waals surface area contributed by atoms with Crippen LogP contribution in [0.15, 0.2) is 54.6 Å². The van der Waals surface area contributed by atoms with Crippen molar-refractivity contribution < 1.29 is 33.7 Å². The van der Waals surface area contributed by atoms with Gasteiger partial charge in [0.05, 0.1) is 39.1 Å². The van der Waals surface area contributed by atoms with Gasteiger partial charge in [0.2, 0.25) is 11.8 Å². The van der Waals surface area contributed by atoms with Crippen LogP contribution >= 0.6 is 0 Å². The molecule has 3 N–H and O–H groups in total. The van der Waals surface area contributed by atoms with E-state index in [1.54, 1.807) is 26.2 Å². The fourth-order valence-corrected chi connectivity index (χ4v) is 4.97. The van der Waals surface area contributed by atoms with Gasteiger partial charge in [-0.2, -0.15) is 0 Å². The molecule has 2 aliphatic heterocycles. The minimum Gasteiger partial charge on any atom is -0.497 e. The number of carbonyl (C=O) groups excluding carboxylic acids is 3. The molecule has 2 aromatic rings. The van der Waals surface area contributed by atoms with Gasteiger partial charge in [-0.3, -0.25) is 19.3 Å². The summed E-state index contributed by atoms with van der Waals surface area (Å²) in [5.74, 6) is -0.823. The van der Waals surface area contributed by atoms with Gasteiger partial charge >= 0.3 is 0 Å². The first-order valence-electron chi connectivity index (χ1n) is 14.2. The summed E-state index contributed by atoms with van der Waals surface area (Å²) in [6.45, 7) is 5.30. The lowest BCUT2D eigenvalue weighted by atomic mass is 9.98. The Morgan fingerprint density at radius 2 is 1.56 bits per heavy atom. The van der Waals surface area contributed by atoms with Crippen molar-refractivity contribution >= 4 is 17.6 Å². The second kappa shape index (κ2) is 15.1. The van der Waals surface area contributed by atoms with E-state index in [1.807, 2.05) is 42.5 Å². The Bertz CT molecular complexity index is 1130.